The van der Waals surface area contributed by atoms with Gasteiger partial charge >= 0.3 is 11.9 Å². The number of nitrogens with zero attached hydrogens (tertiary/aromatic N) is 6. The zero-order valence-electron chi connectivity index (χ0n) is 26.7. The van der Waals surface area contributed by atoms with E-state index in [1.54, 1.807) is 35.2 Å². The van der Waals surface area contributed by atoms with E-state index in [1.165, 1.54) is 26.3 Å². The highest BCUT2D eigenvalue weighted by Gasteiger charge is 2.27. The molecule has 0 saturated carbocycles. The van der Waals surface area contributed by atoms with Crippen molar-refractivity contribution in [1.29, 1.82) is 10.5 Å². The van der Waals surface area contributed by atoms with E-state index in [0.29, 0.717) is 44.4 Å². The molecule has 1 aliphatic heterocycles. The molecule has 0 radical (unpaired) electrons. The fourth-order valence-corrected chi connectivity index (χ4v) is 7.79. The van der Waals surface area contributed by atoms with Gasteiger partial charge in [0, 0.05) is 31.5 Å². The normalized spacial score (nSPS) is 14.8. The number of aromatic nitrogens is 3. The average Bonchev–Trinajstić information content (AvgIpc) is 3.77. The largest absolute Gasteiger partial charge is 0.748 e. The Balaban J connectivity index is 1.82. The Morgan fingerprint density at radius 1 is 1.00 bits per heavy atom. The van der Waals surface area contributed by atoms with Gasteiger partial charge in [-0.05, 0) is 24.6 Å². The highest BCUT2D eigenvalue weighted by Crippen LogP contribution is 2.41. The third-order valence-electron chi connectivity index (χ3n) is 7.30. The molecule has 5 rings (SSSR count). The van der Waals surface area contributed by atoms with E-state index in [-0.39, 0.29) is 37.2 Å². The standard InChI is InChI=1S/C30H24N6O13S3/c1-33-26(42)23(49-28(33)15(11-31)12-32)29-36(14-22(39)40)27(43)24(51-29)30-35(13-21(37)38)25(41)19(50-30)6-7-20-34(8-3-9-52(44,45)46)17-10-16(47-2)4-5-18(17)48-20/h4-7,10H,3,8-9,13-14H2,1-2H3,(H,37,38)(H,39,40)(H,44,45,46)/p-1/b19-6?,20-7?,29-23+,30-24+. The van der Waals surface area contributed by atoms with E-state index >= 15 is 0 Å². The topological polar surface area (TPSA) is 280 Å². The van der Waals surface area contributed by atoms with E-state index in [9.17, 15) is 57.7 Å². The number of carboxylic acids is 2. The van der Waals surface area contributed by atoms with Crippen LogP contribution in [-0.2, 0) is 39.8 Å². The van der Waals surface area contributed by atoms with Gasteiger partial charge in [0.1, 0.15) is 44.8 Å². The summed E-state index contributed by atoms with van der Waals surface area (Å²) >= 11 is 1.19. The molecule has 1 aliphatic rings. The van der Waals surface area contributed by atoms with Crippen molar-refractivity contribution in [1.82, 2.24) is 13.7 Å². The number of rotatable bonds is 10. The van der Waals surface area contributed by atoms with Crippen molar-refractivity contribution in [3.63, 3.8) is 0 Å². The number of ether oxygens (including phenoxy) is 2. The second kappa shape index (κ2) is 14.6. The number of methoxy groups -OCH3 is 1. The minimum atomic E-state index is -4.53. The average molecular weight is 772 g/mol. The molecule has 19 nitrogen and oxygen atoms in total. The number of anilines is 1. The van der Waals surface area contributed by atoms with E-state index < -0.39 is 74.1 Å². The Morgan fingerprint density at radius 2 is 1.65 bits per heavy atom. The molecule has 22 heteroatoms. The molecule has 0 amide bonds. The van der Waals surface area contributed by atoms with Gasteiger partial charge in [-0.2, -0.15) is 10.5 Å². The van der Waals surface area contributed by atoms with Crippen molar-refractivity contribution in [2.45, 2.75) is 19.5 Å². The highest BCUT2D eigenvalue weighted by atomic mass is 32.2. The number of aliphatic carboxylic acids is 2. The SMILES string of the molecule is COc1ccc2c(c1)N(CCCS(=O)(=O)[O-])C(=CC=c1s/c(=c3/s/c(=c4/oc(=C(C#N)C#N)n(C)c4=O)n(CC(=O)O)c3=O)n(CC(=O)O)c1=O)O2. The van der Waals surface area contributed by atoms with Crippen LogP contribution in [0.2, 0.25) is 0 Å². The number of allylic oxidation sites excluding steroid dienone is 1. The summed E-state index contributed by atoms with van der Waals surface area (Å²) in [5.74, 6) is -2.75. The second-order valence-corrected chi connectivity index (χ2v) is 14.2. The van der Waals surface area contributed by atoms with Crippen molar-refractivity contribution in [3.8, 4) is 23.6 Å². The third-order valence-corrected chi connectivity index (χ3v) is 10.5. The molecule has 4 aromatic rings. The molecule has 0 aliphatic carbocycles. The number of carboxylic acid groups (broad SMARTS) is 2. The van der Waals surface area contributed by atoms with Crippen LogP contribution < -0.4 is 41.1 Å². The first-order valence-electron chi connectivity index (χ1n) is 14.5. The van der Waals surface area contributed by atoms with Crippen LogP contribution in [0.25, 0.3) is 11.6 Å². The predicted octanol–water partition coefficient (Wildman–Crippen LogP) is -1.17. The second-order valence-electron chi connectivity index (χ2n) is 10.7. The number of hydrogen-bond donors (Lipinski definition) is 2. The van der Waals surface area contributed by atoms with Gasteiger partial charge in [-0.1, -0.05) is 0 Å². The van der Waals surface area contributed by atoms with Crippen LogP contribution >= 0.6 is 22.7 Å². The van der Waals surface area contributed by atoms with Gasteiger partial charge in [0.25, 0.3) is 16.7 Å². The zero-order chi connectivity index (χ0) is 38.1. The van der Waals surface area contributed by atoms with E-state index in [0.717, 1.165) is 9.13 Å². The van der Waals surface area contributed by atoms with E-state index in [1.807, 2.05) is 0 Å². The molecule has 1 aromatic carbocycles. The summed E-state index contributed by atoms with van der Waals surface area (Å²) in [6.07, 6.45) is 2.52. The van der Waals surface area contributed by atoms with Gasteiger partial charge in [-0.15, -0.1) is 22.7 Å². The first kappa shape index (κ1) is 37.1. The van der Waals surface area contributed by atoms with Crippen molar-refractivity contribution < 1.29 is 46.7 Å². The molecule has 0 spiro atoms. The van der Waals surface area contributed by atoms with Gasteiger partial charge in [-0.25, -0.2) is 8.42 Å². The number of carbonyl (C=O) groups is 2. The maximum atomic E-state index is 13.7. The summed E-state index contributed by atoms with van der Waals surface area (Å²) in [6, 6.07) is 7.95. The van der Waals surface area contributed by atoms with Crippen molar-refractivity contribution in [2.75, 3.05) is 24.3 Å². The highest BCUT2D eigenvalue weighted by molar-refractivity contribution is 7.85. The molecular formula is C30H23N6O13S3-. The summed E-state index contributed by atoms with van der Waals surface area (Å²) in [5, 5.41) is 37.8. The number of thiazole rings is 2. The fraction of sp³-hybridized carbons (Fsp3) is 0.233. The van der Waals surface area contributed by atoms with Gasteiger partial charge in [0.15, 0.2) is 11.3 Å². The van der Waals surface area contributed by atoms with Crippen LogP contribution in [0.1, 0.15) is 6.42 Å². The number of hydrogen-bond acceptors (Lipinski definition) is 16. The number of benzene rings is 1. The fourth-order valence-electron chi connectivity index (χ4n) is 5.01. The third kappa shape index (κ3) is 7.31. The maximum Gasteiger partial charge on any atom is 0.323 e. The van der Waals surface area contributed by atoms with E-state index in [4.69, 9.17) is 13.9 Å². The van der Waals surface area contributed by atoms with Gasteiger partial charge in [-0.3, -0.25) is 37.7 Å². The summed E-state index contributed by atoms with van der Waals surface area (Å²) in [4.78, 5) is 65.6. The van der Waals surface area contributed by atoms with Crippen LogP contribution in [0.15, 0.2) is 49.0 Å². The summed E-state index contributed by atoms with van der Waals surface area (Å²) in [7, 11) is -1.91. The lowest BCUT2D eigenvalue weighted by atomic mass is 10.2. The molecule has 0 saturated heterocycles. The predicted molar refractivity (Wildman–Crippen MR) is 178 cm³/mol. The van der Waals surface area contributed by atoms with Crippen LogP contribution in [-0.4, -0.2) is 68.2 Å². The number of fused-ring (bicyclic) bond motifs is 1. The number of nitriles is 2. The molecule has 2 N–H and O–H groups in total. The molecule has 4 heterocycles. The first-order chi connectivity index (χ1) is 24.6. The van der Waals surface area contributed by atoms with Crippen LogP contribution in [0.3, 0.4) is 0 Å². The first-order valence-corrected chi connectivity index (χ1v) is 17.7. The van der Waals surface area contributed by atoms with Gasteiger partial charge < -0.3 is 33.6 Å². The Kier molecular flexibility index (Phi) is 10.4. The monoisotopic (exact) mass is 771 g/mol. The molecular weight excluding hydrogens is 749 g/mol. The van der Waals surface area contributed by atoms with Crippen LogP contribution in [0, 0.1) is 41.9 Å². The minimum Gasteiger partial charge on any atom is -0.748 e. The minimum absolute atomic E-state index is 0.00270. The Labute approximate surface area is 297 Å². The Hall–Kier alpha value is -6.20. The molecule has 270 valence electrons. The lowest BCUT2D eigenvalue weighted by Crippen LogP contribution is -2.30. The molecule has 3 aromatic heterocycles. The quantitative estimate of drug-likeness (QED) is 0.180. The molecule has 0 fully saturated rings. The summed E-state index contributed by atoms with van der Waals surface area (Å²) in [6.45, 7) is -1.91. The zero-order valence-corrected chi connectivity index (χ0v) is 29.2. The lowest BCUT2D eigenvalue weighted by molar-refractivity contribution is -0.138. The molecule has 0 atom stereocenters. The molecule has 0 unspecified atom stereocenters. The van der Waals surface area contributed by atoms with E-state index in [2.05, 4.69) is 0 Å². The maximum absolute atomic E-state index is 13.7. The van der Waals surface area contributed by atoms with Crippen LogP contribution in [0.4, 0.5) is 5.69 Å². The molecule has 0 bridgehead atoms. The Bertz CT molecular complexity index is 2880. The molecule has 52 heavy (non-hydrogen) atoms. The Morgan fingerprint density at radius 3 is 2.25 bits per heavy atom. The van der Waals surface area contributed by atoms with Gasteiger partial charge in [0.2, 0.25) is 16.8 Å². The van der Waals surface area contributed by atoms with Crippen molar-refractivity contribution >= 4 is 62.1 Å². The van der Waals surface area contributed by atoms with Gasteiger partial charge in [0.05, 0.1) is 27.4 Å². The van der Waals surface area contributed by atoms with Crippen molar-refractivity contribution in [3.05, 3.63) is 90.6 Å². The lowest BCUT2D eigenvalue weighted by Gasteiger charge is -2.19. The van der Waals surface area contributed by atoms with Crippen LogP contribution in [0.5, 0.6) is 11.5 Å². The number of oxazole rings is 1. The smallest absolute Gasteiger partial charge is 0.323 e. The summed E-state index contributed by atoms with van der Waals surface area (Å²) < 4.78 is 51.7. The van der Waals surface area contributed by atoms with Crippen molar-refractivity contribution in [2.24, 2.45) is 7.05 Å². The summed E-state index contributed by atoms with van der Waals surface area (Å²) in [5.41, 5.74) is -3.97.